The molecule has 0 fully saturated rings. The van der Waals surface area contributed by atoms with E-state index in [-0.39, 0.29) is 6.04 Å². The Labute approximate surface area is 65.7 Å². The van der Waals surface area contributed by atoms with E-state index >= 15 is 0 Å². The third kappa shape index (κ3) is 0.951. The predicted molar refractivity (Wildman–Crippen MR) is 43.1 cm³/mol. The minimum Gasteiger partial charge on any atom is -0.387 e. The number of benzene rings is 1. The molecule has 1 aromatic rings. The van der Waals surface area contributed by atoms with E-state index in [0.717, 1.165) is 12.0 Å². The van der Waals surface area contributed by atoms with Gasteiger partial charge in [0.05, 0.1) is 6.10 Å². The average molecular weight is 149 g/mol. The Kier molecular flexibility index (Phi) is 1.44. The fourth-order valence-electron chi connectivity index (χ4n) is 1.60. The normalized spacial score (nSPS) is 28.5. The zero-order chi connectivity index (χ0) is 7.84. The summed E-state index contributed by atoms with van der Waals surface area (Å²) in [6, 6.07) is 7.76. The average Bonchev–Trinajstić information content (AvgIpc) is 2.30. The van der Waals surface area contributed by atoms with E-state index in [1.165, 1.54) is 5.56 Å². The van der Waals surface area contributed by atoms with Gasteiger partial charge >= 0.3 is 0 Å². The van der Waals surface area contributed by atoms with Crippen LogP contribution >= 0.6 is 0 Å². The summed E-state index contributed by atoms with van der Waals surface area (Å²) >= 11 is 0. The fourth-order valence-corrected chi connectivity index (χ4v) is 1.60. The van der Waals surface area contributed by atoms with Crippen LogP contribution in [-0.4, -0.2) is 11.1 Å². The maximum Gasteiger partial charge on any atom is 0.0946 e. The summed E-state index contributed by atoms with van der Waals surface area (Å²) in [7, 11) is 0. The fraction of sp³-hybridized carbons (Fsp3) is 0.333. The Bertz CT molecular complexity index is 272. The Morgan fingerprint density at radius 2 is 2.09 bits per heavy atom. The van der Waals surface area contributed by atoms with Crippen molar-refractivity contribution in [1.82, 2.24) is 0 Å². The molecule has 2 heteroatoms. The van der Waals surface area contributed by atoms with Crippen molar-refractivity contribution in [2.45, 2.75) is 18.6 Å². The molecule has 3 N–H and O–H groups in total. The summed E-state index contributed by atoms with van der Waals surface area (Å²) in [6.07, 6.45) is 0.350. The van der Waals surface area contributed by atoms with Crippen LogP contribution in [0.25, 0.3) is 0 Å². The zero-order valence-corrected chi connectivity index (χ0v) is 6.20. The molecule has 2 atom stereocenters. The molecule has 0 amide bonds. The van der Waals surface area contributed by atoms with Crippen LogP contribution in [-0.2, 0) is 6.42 Å². The van der Waals surface area contributed by atoms with Gasteiger partial charge < -0.3 is 10.8 Å². The first-order chi connectivity index (χ1) is 5.29. The van der Waals surface area contributed by atoms with E-state index in [2.05, 4.69) is 0 Å². The SMILES string of the molecule is N[C@H]1Cc2ccccc2[C@H]1O. The molecular weight excluding hydrogens is 138 g/mol. The second-order valence-electron chi connectivity index (χ2n) is 3.01. The molecule has 11 heavy (non-hydrogen) atoms. The topological polar surface area (TPSA) is 46.2 Å². The highest BCUT2D eigenvalue weighted by molar-refractivity contribution is 5.35. The molecule has 1 aromatic carbocycles. The minimum absolute atomic E-state index is 0.104. The lowest BCUT2D eigenvalue weighted by Crippen LogP contribution is -2.24. The van der Waals surface area contributed by atoms with Gasteiger partial charge in [-0.1, -0.05) is 24.3 Å². The van der Waals surface area contributed by atoms with Gasteiger partial charge in [-0.3, -0.25) is 0 Å². The maximum absolute atomic E-state index is 9.52. The van der Waals surface area contributed by atoms with Crippen LogP contribution in [0.5, 0.6) is 0 Å². The van der Waals surface area contributed by atoms with Crippen molar-refractivity contribution in [2.75, 3.05) is 0 Å². The molecule has 0 bridgehead atoms. The molecule has 2 nitrogen and oxygen atoms in total. The van der Waals surface area contributed by atoms with Crippen LogP contribution in [0, 0.1) is 0 Å². The van der Waals surface area contributed by atoms with Crippen LogP contribution in [0.4, 0.5) is 0 Å². The van der Waals surface area contributed by atoms with Crippen LogP contribution < -0.4 is 5.73 Å². The number of fused-ring (bicyclic) bond motifs is 1. The van der Waals surface area contributed by atoms with Crippen LogP contribution in [0.3, 0.4) is 0 Å². The van der Waals surface area contributed by atoms with Gasteiger partial charge in [0, 0.05) is 6.04 Å². The third-order valence-electron chi connectivity index (χ3n) is 2.23. The van der Waals surface area contributed by atoms with Gasteiger partial charge in [-0.15, -0.1) is 0 Å². The molecular formula is C9H11NO. The standard InChI is InChI=1S/C9H11NO/c10-8-5-6-3-1-2-4-7(6)9(8)11/h1-4,8-9,11H,5,10H2/t8-,9+/m0/s1. The number of hydrogen-bond acceptors (Lipinski definition) is 2. The number of aliphatic hydroxyl groups excluding tert-OH is 1. The first-order valence-electron chi connectivity index (χ1n) is 3.80. The van der Waals surface area contributed by atoms with Crippen LogP contribution in [0.15, 0.2) is 24.3 Å². The van der Waals surface area contributed by atoms with Crippen molar-refractivity contribution in [3.8, 4) is 0 Å². The first kappa shape index (κ1) is 6.83. The van der Waals surface area contributed by atoms with E-state index in [9.17, 15) is 5.11 Å². The van der Waals surface area contributed by atoms with E-state index in [0.29, 0.717) is 0 Å². The largest absolute Gasteiger partial charge is 0.387 e. The summed E-state index contributed by atoms with van der Waals surface area (Å²) < 4.78 is 0. The van der Waals surface area contributed by atoms with Crippen molar-refractivity contribution in [2.24, 2.45) is 5.73 Å². The van der Waals surface area contributed by atoms with E-state index in [1.807, 2.05) is 24.3 Å². The Morgan fingerprint density at radius 3 is 2.82 bits per heavy atom. The molecule has 1 aliphatic rings. The van der Waals surface area contributed by atoms with Gasteiger partial charge in [0.15, 0.2) is 0 Å². The second kappa shape index (κ2) is 2.32. The minimum atomic E-state index is -0.453. The third-order valence-corrected chi connectivity index (χ3v) is 2.23. The van der Waals surface area contributed by atoms with Gasteiger partial charge in [0.2, 0.25) is 0 Å². The van der Waals surface area contributed by atoms with Crippen molar-refractivity contribution >= 4 is 0 Å². The quantitative estimate of drug-likeness (QED) is 0.567. The molecule has 0 aliphatic heterocycles. The van der Waals surface area contributed by atoms with E-state index < -0.39 is 6.10 Å². The van der Waals surface area contributed by atoms with Gasteiger partial charge in [-0.05, 0) is 17.5 Å². The highest BCUT2D eigenvalue weighted by atomic mass is 16.3. The maximum atomic E-state index is 9.52. The highest BCUT2D eigenvalue weighted by Gasteiger charge is 2.26. The number of aliphatic hydroxyl groups is 1. The van der Waals surface area contributed by atoms with Crippen LogP contribution in [0.1, 0.15) is 17.2 Å². The predicted octanol–water partition coefficient (Wildman–Crippen LogP) is 0.603. The highest BCUT2D eigenvalue weighted by Crippen LogP contribution is 2.29. The molecule has 0 aromatic heterocycles. The van der Waals surface area contributed by atoms with Crippen molar-refractivity contribution in [3.05, 3.63) is 35.4 Å². The summed E-state index contributed by atoms with van der Waals surface area (Å²) in [5, 5.41) is 9.52. The summed E-state index contributed by atoms with van der Waals surface area (Å²) in [5.41, 5.74) is 7.87. The monoisotopic (exact) mass is 149 g/mol. The van der Waals surface area contributed by atoms with Gasteiger partial charge in [0.25, 0.3) is 0 Å². The Balaban J connectivity index is 2.47. The van der Waals surface area contributed by atoms with Crippen molar-refractivity contribution in [3.63, 3.8) is 0 Å². The lowest BCUT2D eigenvalue weighted by molar-refractivity contribution is 0.159. The molecule has 0 unspecified atom stereocenters. The van der Waals surface area contributed by atoms with Crippen molar-refractivity contribution < 1.29 is 5.11 Å². The van der Waals surface area contributed by atoms with Crippen molar-refractivity contribution in [1.29, 1.82) is 0 Å². The molecule has 1 aliphatic carbocycles. The van der Waals surface area contributed by atoms with Gasteiger partial charge in [-0.2, -0.15) is 0 Å². The Morgan fingerprint density at radius 1 is 1.36 bits per heavy atom. The number of hydrogen-bond donors (Lipinski definition) is 2. The molecule has 0 saturated heterocycles. The molecule has 0 saturated carbocycles. The summed E-state index contributed by atoms with van der Waals surface area (Å²) in [6.45, 7) is 0. The molecule has 0 spiro atoms. The summed E-state index contributed by atoms with van der Waals surface area (Å²) in [5.74, 6) is 0. The second-order valence-corrected chi connectivity index (χ2v) is 3.01. The molecule has 2 rings (SSSR count). The first-order valence-corrected chi connectivity index (χ1v) is 3.80. The smallest absolute Gasteiger partial charge is 0.0946 e. The lowest BCUT2D eigenvalue weighted by atomic mass is 10.1. The Hall–Kier alpha value is -0.860. The number of nitrogens with two attached hydrogens (primary N) is 1. The molecule has 0 heterocycles. The zero-order valence-electron chi connectivity index (χ0n) is 6.20. The van der Waals surface area contributed by atoms with Crippen LogP contribution in [0.2, 0.25) is 0 Å². The molecule has 58 valence electrons. The summed E-state index contributed by atoms with van der Waals surface area (Å²) in [4.78, 5) is 0. The molecule has 0 radical (unpaired) electrons. The number of rotatable bonds is 0. The van der Waals surface area contributed by atoms with Gasteiger partial charge in [-0.25, -0.2) is 0 Å². The van der Waals surface area contributed by atoms with E-state index in [1.54, 1.807) is 0 Å². The van der Waals surface area contributed by atoms with Gasteiger partial charge in [0.1, 0.15) is 0 Å². The lowest BCUT2D eigenvalue weighted by Gasteiger charge is -2.07. The van der Waals surface area contributed by atoms with E-state index in [4.69, 9.17) is 5.73 Å².